The Morgan fingerprint density at radius 3 is 2.67 bits per heavy atom. The molecular formula is C23H26F2N6O2. The van der Waals surface area contributed by atoms with E-state index in [2.05, 4.69) is 25.6 Å². The first-order valence-corrected chi connectivity index (χ1v) is 10.6. The minimum absolute atomic E-state index is 0.193. The number of hydrogen-bond donors (Lipinski definition) is 2. The SMILES string of the molecule is COCCN1CC(NC(=O)Nc2cc(-c3ccncc3)nn2C)C(c2ccc(F)c(F)c2)C1. The Morgan fingerprint density at radius 1 is 1.15 bits per heavy atom. The van der Waals surface area contributed by atoms with Gasteiger partial charge in [0.05, 0.1) is 18.3 Å². The number of halogens is 2. The largest absolute Gasteiger partial charge is 0.383 e. The maximum atomic E-state index is 13.9. The Balaban J connectivity index is 1.47. The molecule has 2 N–H and O–H groups in total. The molecule has 2 amide bonds. The molecule has 33 heavy (non-hydrogen) atoms. The van der Waals surface area contributed by atoms with Gasteiger partial charge in [-0.2, -0.15) is 5.10 Å². The third kappa shape index (κ3) is 5.35. The van der Waals surface area contributed by atoms with Crippen LogP contribution < -0.4 is 10.6 Å². The first-order valence-electron chi connectivity index (χ1n) is 10.6. The summed E-state index contributed by atoms with van der Waals surface area (Å²) in [5.74, 6) is -1.46. The number of pyridine rings is 1. The summed E-state index contributed by atoms with van der Waals surface area (Å²) in [7, 11) is 3.37. The fourth-order valence-electron chi connectivity index (χ4n) is 4.08. The van der Waals surface area contributed by atoms with Crippen LogP contribution >= 0.6 is 0 Å². The normalized spacial score (nSPS) is 18.4. The lowest BCUT2D eigenvalue weighted by molar-refractivity contribution is 0.159. The molecule has 3 aromatic rings. The second kappa shape index (κ2) is 10.1. The highest BCUT2D eigenvalue weighted by molar-refractivity contribution is 5.89. The van der Waals surface area contributed by atoms with Gasteiger partial charge < -0.3 is 10.1 Å². The zero-order valence-electron chi connectivity index (χ0n) is 18.5. The number of benzene rings is 1. The Bertz CT molecular complexity index is 1110. The van der Waals surface area contributed by atoms with E-state index in [1.54, 1.807) is 43.4 Å². The van der Waals surface area contributed by atoms with Crippen LogP contribution in [-0.4, -0.2) is 65.1 Å². The number of aryl methyl sites for hydroxylation is 1. The molecule has 1 aliphatic heterocycles. The number of nitrogens with one attached hydrogen (secondary N) is 2. The molecule has 2 atom stereocenters. The lowest BCUT2D eigenvalue weighted by Crippen LogP contribution is -2.42. The highest BCUT2D eigenvalue weighted by Crippen LogP contribution is 2.29. The molecule has 8 nitrogen and oxygen atoms in total. The number of urea groups is 1. The lowest BCUT2D eigenvalue weighted by atomic mass is 9.94. The van der Waals surface area contributed by atoms with Gasteiger partial charge in [-0.1, -0.05) is 6.07 Å². The van der Waals surface area contributed by atoms with Crippen molar-refractivity contribution in [1.29, 1.82) is 0 Å². The molecule has 2 unspecified atom stereocenters. The number of rotatable bonds is 7. The fraction of sp³-hybridized carbons (Fsp3) is 0.348. The highest BCUT2D eigenvalue weighted by atomic mass is 19.2. The Labute approximate surface area is 190 Å². The Hall–Kier alpha value is -3.37. The average molecular weight is 456 g/mol. The van der Waals surface area contributed by atoms with Crippen LogP contribution in [0.2, 0.25) is 0 Å². The Morgan fingerprint density at radius 2 is 1.94 bits per heavy atom. The number of carbonyl (C=O) groups is 1. The molecule has 0 saturated carbocycles. The van der Waals surface area contributed by atoms with E-state index in [1.807, 2.05) is 12.1 Å². The number of carbonyl (C=O) groups excluding carboxylic acids is 1. The molecule has 174 valence electrons. The van der Waals surface area contributed by atoms with Crippen molar-refractivity contribution in [3.05, 3.63) is 66.0 Å². The summed E-state index contributed by atoms with van der Waals surface area (Å²) in [5, 5.41) is 10.3. The highest BCUT2D eigenvalue weighted by Gasteiger charge is 2.35. The van der Waals surface area contributed by atoms with Crippen LogP contribution in [0.1, 0.15) is 11.5 Å². The molecule has 0 aliphatic carbocycles. The number of methoxy groups -OCH3 is 1. The van der Waals surface area contributed by atoms with Crippen LogP contribution in [-0.2, 0) is 11.8 Å². The third-order valence-corrected chi connectivity index (χ3v) is 5.79. The number of ether oxygens (including phenoxy) is 1. The van der Waals surface area contributed by atoms with Crippen molar-refractivity contribution in [2.75, 3.05) is 38.7 Å². The number of anilines is 1. The minimum atomic E-state index is -0.899. The minimum Gasteiger partial charge on any atom is -0.383 e. The van der Waals surface area contributed by atoms with Crippen molar-refractivity contribution in [3.8, 4) is 11.3 Å². The lowest BCUT2D eigenvalue weighted by Gasteiger charge is -2.20. The third-order valence-electron chi connectivity index (χ3n) is 5.79. The van der Waals surface area contributed by atoms with Gasteiger partial charge in [0, 0.05) is 63.7 Å². The second-order valence-corrected chi connectivity index (χ2v) is 8.01. The van der Waals surface area contributed by atoms with Gasteiger partial charge in [0.2, 0.25) is 0 Å². The average Bonchev–Trinajstić information content (AvgIpc) is 3.38. The van der Waals surface area contributed by atoms with Gasteiger partial charge >= 0.3 is 6.03 Å². The number of amides is 2. The van der Waals surface area contributed by atoms with Crippen molar-refractivity contribution in [1.82, 2.24) is 25.0 Å². The maximum absolute atomic E-state index is 13.9. The van der Waals surface area contributed by atoms with Crippen molar-refractivity contribution < 1.29 is 18.3 Å². The first-order chi connectivity index (χ1) is 15.9. The smallest absolute Gasteiger partial charge is 0.320 e. The fourth-order valence-corrected chi connectivity index (χ4v) is 4.08. The predicted octanol–water partition coefficient (Wildman–Crippen LogP) is 3.00. The van der Waals surface area contributed by atoms with Crippen molar-refractivity contribution in [2.24, 2.45) is 7.05 Å². The number of hydrogen-bond acceptors (Lipinski definition) is 5. The van der Waals surface area contributed by atoms with Gasteiger partial charge in [0.15, 0.2) is 11.6 Å². The molecule has 1 fully saturated rings. The molecule has 1 aromatic carbocycles. The summed E-state index contributed by atoms with van der Waals surface area (Å²) < 4.78 is 34.1. The van der Waals surface area contributed by atoms with Crippen molar-refractivity contribution in [3.63, 3.8) is 0 Å². The molecule has 1 aliphatic rings. The van der Waals surface area contributed by atoms with E-state index in [0.717, 1.165) is 11.6 Å². The zero-order valence-corrected chi connectivity index (χ0v) is 18.5. The van der Waals surface area contributed by atoms with E-state index in [9.17, 15) is 13.6 Å². The van der Waals surface area contributed by atoms with Gasteiger partial charge in [-0.05, 0) is 29.8 Å². The van der Waals surface area contributed by atoms with Crippen LogP contribution in [0.25, 0.3) is 11.3 Å². The first kappa shape index (κ1) is 22.8. The van der Waals surface area contributed by atoms with Gasteiger partial charge in [-0.15, -0.1) is 0 Å². The van der Waals surface area contributed by atoms with E-state index in [1.165, 1.54) is 6.07 Å². The summed E-state index contributed by atoms with van der Waals surface area (Å²) in [4.78, 5) is 19.0. The van der Waals surface area contributed by atoms with Crippen molar-refractivity contribution >= 4 is 11.8 Å². The van der Waals surface area contributed by atoms with Gasteiger partial charge in [-0.25, -0.2) is 13.6 Å². The predicted molar refractivity (Wildman–Crippen MR) is 120 cm³/mol. The number of nitrogens with zero attached hydrogens (tertiary/aromatic N) is 4. The summed E-state index contributed by atoms with van der Waals surface area (Å²) in [6, 6.07) is 8.66. The molecular weight excluding hydrogens is 430 g/mol. The summed E-state index contributed by atoms with van der Waals surface area (Å²) >= 11 is 0. The van der Waals surface area contributed by atoms with Crippen LogP contribution in [0.15, 0.2) is 48.8 Å². The van der Waals surface area contributed by atoms with E-state index < -0.39 is 17.7 Å². The van der Waals surface area contributed by atoms with E-state index in [4.69, 9.17) is 4.74 Å². The maximum Gasteiger partial charge on any atom is 0.320 e. The van der Waals surface area contributed by atoms with E-state index in [-0.39, 0.29) is 12.0 Å². The van der Waals surface area contributed by atoms with Gasteiger partial charge in [-0.3, -0.25) is 19.9 Å². The van der Waals surface area contributed by atoms with Gasteiger partial charge in [0.25, 0.3) is 0 Å². The molecule has 10 heteroatoms. The summed E-state index contributed by atoms with van der Waals surface area (Å²) in [6.45, 7) is 2.37. The van der Waals surface area contributed by atoms with E-state index >= 15 is 0 Å². The quantitative estimate of drug-likeness (QED) is 0.571. The van der Waals surface area contributed by atoms with E-state index in [0.29, 0.717) is 43.3 Å². The van der Waals surface area contributed by atoms with Crippen molar-refractivity contribution in [2.45, 2.75) is 12.0 Å². The monoisotopic (exact) mass is 456 g/mol. The molecule has 0 spiro atoms. The molecule has 4 rings (SSSR count). The molecule has 2 aromatic heterocycles. The molecule has 3 heterocycles. The van der Waals surface area contributed by atoms with Crippen LogP contribution in [0.3, 0.4) is 0 Å². The summed E-state index contributed by atoms with van der Waals surface area (Å²) in [5.41, 5.74) is 2.23. The standard InChI is InChI=1S/C23H26F2N6O2/c1-30-22(12-20(29-30)15-5-7-26-8-6-15)28-23(32)27-21-14-31(9-10-33-2)13-17(21)16-3-4-18(24)19(25)11-16/h3-8,11-12,17,21H,9-10,13-14H2,1-2H3,(H2,27,28,32). The molecule has 1 saturated heterocycles. The Kier molecular flexibility index (Phi) is 6.95. The topological polar surface area (TPSA) is 84.3 Å². The molecule has 0 radical (unpaired) electrons. The second-order valence-electron chi connectivity index (χ2n) is 8.01. The van der Waals surface area contributed by atoms with Gasteiger partial charge in [0.1, 0.15) is 5.82 Å². The van der Waals surface area contributed by atoms with Crippen LogP contribution in [0.4, 0.5) is 19.4 Å². The van der Waals surface area contributed by atoms with Crippen LogP contribution in [0, 0.1) is 11.6 Å². The zero-order chi connectivity index (χ0) is 23.4. The summed E-state index contributed by atoms with van der Waals surface area (Å²) in [6.07, 6.45) is 3.36. The molecule has 0 bridgehead atoms. The number of aromatic nitrogens is 3. The van der Waals surface area contributed by atoms with Crippen LogP contribution in [0.5, 0.6) is 0 Å². The number of likely N-dealkylation sites (tertiary alicyclic amines) is 1.